The van der Waals surface area contributed by atoms with Crippen molar-refractivity contribution in [1.29, 1.82) is 0 Å². The Bertz CT molecular complexity index is 361. The highest BCUT2D eigenvalue weighted by Crippen LogP contribution is 2.19. The smallest absolute Gasteiger partial charge is 0.305 e. The van der Waals surface area contributed by atoms with E-state index in [-0.39, 0.29) is 5.97 Å². The van der Waals surface area contributed by atoms with E-state index in [1.165, 1.54) is 58.5 Å². The van der Waals surface area contributed by atoms with Gasteiger partial charge in [-0.15, -0.1) is 0 Å². The van der Waals surface area contributed by atoms with E-state index in [1.807, 2.05) is 0 Å². The van der Waals surface area contributed by atoms with Gasteiger partial charge in [0.25, 0.3) is 0 Å². The normalized spacial score (nSPS) is 13.3. The summed E-state index contributed by atoms with van der Waals surface area (Å²) in [4.78, 5) is 11.1. The van der Waals surface area contributed by atoms with Crippen molar-refractivity contribution in [2.45, 2.75) is 116 Å². The quantitative estimate of drug-likeness (QED) is 0.117. The predicted octanol–water partition coefficient (Wildman–Crippen LogP) is 7.03. The molecule has 0 radical (unpaired) electrons. The van der Waals surface area contributed by atoms with Crippen LogP contribution in [-0.2, 0) is 14.0 Å². The van der Waals surface area contributed by atoms with Crippen molar-refractivity contribution in [1.82, 2.24) is 0 Å². The molecule has 3 nitrogen and oxygen atoms in total. The average molecular weight is 385 g/mol. The van der Waals surface area contributed by atoms with Crippen molar-refractivity contribution in [3.63, 3.8) is 0 Å². The summed E-state index contributed by atoms with van der Waals surface area (Å²) in [5.41, 5.74) is 0. The third-order valence-corrected chi connectivity index (χ3v) is 5.49. The monoisotopic (exact) mass is 384 g/mol. The number of carbonyl (C=O) groups excluding carboxylic acids is 1. The topological polar surface area (TPSA) is 35.5 Å². The van der Waals surface area contributed by atoms with Crippen molar-refractivity contribution in [2.24, 2.45) is 0 Å². The number of allylic oxidation sites excluding steroid dienone is 2. The number of rotatable bonds is 17. The van der Waals surface area contributed by atoms with Gasteiger partial charge in [-0.1, -0.05) is 57.6 Å². The predicted molar refractivity (Wildman–Crippen MR) is 115 cm³/mol. The highest BCUT2D eigenvalue weighted by atomic mass is 28.4. The third kappa shape index (κ3) is 18.2. The van der Waals surface area contributed by atoms with E-state index >= 15 is 0 Å². The molecule has 0 bridgehead atoms. The van der Waals surface area contributed by atoms with Gasteiger partial charge in [0.15, 0.2) is 8.32 Å². The molecule has 0 fully saturated rings. The van der Waals surface area contributed by atoms with E-state index in [0.717, 1.165) is 25.7 Å². The van der Waals surface area contributed by atoms with Crippen molar-refractivity contribution < 1.29 is 14.0 Å². The van der Waals surface area contributed by atoms with E-state index in [0.29, 0.717) is 12.5 Å². The van der Waals surface area contributed by atoms with Crippen molar-refractivity contribution in [2.75, 3.05) is 7.11 Å². The van der Waals surface area contributed by atoms with Gasteiger partial charge in [-0.2, -0.15) is 0 Å². The molecule has 0 rings (SSSR count). The first-order valence-corrected chi connectivity index (χ1v) is 14.2. The Kier molecular flexibility index (Phi) is 16.2. The highest BCUT2D eigenvalue weighted by Gasteiger charge is 2.20. The Morgan fingerprint density at radius 2 is 1.54 bits per heavy atom. The maximum absolute atomic E-state index is 11.1. The first-order chi connectivity index (χ1) is 12.4. The van der Waals surface area contributed by atoms with Gasteiger partial charge >= 0.3 is 5.97 Å². The van der Waals surface area contributed by atoms with Crippen LogP contribution in [-0.4, -0.2) is 27.5 Å². The number of hydrogen-bond acceptors (Lipinski definition) is 3. The van der Waals surface area contributed by atoms with Gasteiger partial charge in [-0.3, -0.25) is 4.79 Å². The van der Waals surface area contributed by atoms with E-state index in [9.17, 15) is 4.79 Å². The van der Waals surface area contributed by atoms with E-state index in [4.69, 9.17) is 4.43 Å². The largest absolute Gasteiger partial charge is 0.469 e. The number of unbranched alkanes of at least 4 members (excludes halogenated alkanes) is 7. The molecule has 0 N–H and O–H groups in total. The van der Waals surface area contributed by atoms with E-state index in [1.54, 1.807) is 0 Å². The van der Waals surface area contributed by atoms with Crippen molar-refractivity contribution in [3.8, 4) is 0 Å². The first kappa shape index (κ1) is 25.4. The minimum atomic E-state index is -1.48. The summed E-state index contributed by atoms with van der Waals surface area (Å²) in [7, 11) is -0.0202. The summed E-state index contributed by atoms with van der Waals surface area (Å²) in [6.07, 6.45) is 20.0. The van der Waals surface area contributed by atoms with E-state index < -0.39 is 8.32 Å². The van der Waals surface area contributed by atoms with Gasteiger partial charge in [0.05, 0.1) is 7.11 Å². The van der Waals surface area contributed by atoms with Crippen LogP contribution in [0.25, 0.3) is 0 Å². The Hall–Kier alpha value is -0.613. The van der Waals surface area contributed by atoms with Crippen LogP contribution in [0, 0.1) is 0 Å². The fourth-order valence-corrected chi connectivity index (χ4v) is 4.30. The fraction of sp³-hybridized carbons (Fsp3) is 0.864. The van der Waals surface area contributed by atoms with Crippen LogP contribution in [0.4, 0.5) is 0 Å². The fourth-order valence-electron chi connectivity index (χ4n) is 3.07. The zero-order valence-electron chi connectivity index (χ0n) is 18.1. The van der Waals surface area contributed by atoms with Gasteiger partial charge < -0.3 is 9.16 Å². The van der Waals surface area contributed by atoms with Gasteiger partial charge in [0, 0.05) is 12.5 Å². The van der Waals surface area contributed by atoms with Gasteiger partial charge in [-0.25, -0.2) is 0 Å². The molecular weight excluding hydrogens is 340 g/mol. The SMILES string of the molecule is CCCCCC=CCCC(CCCCCCCC(=O)OC)O[Si](C)(C)C. The molecule has 1 atom stereocenters. The molecule has 4 heteroatoms. The molecule has 0 amide bonds. The Morgan fingerprint density at radius 1 is 0.885 bits per heavy atom. The van der Waals surface area contributed by atoms with Crippen LogP contribution < -0.4 is 0 Å². The lowest BCUT2D eigenvalue weighted by Gasteiger charge is -2.26. The molecule has 154 valence electrons. The molecule has 0 heterocycles. The van der Waals surface area contributed by atoms with Crippen LogP contribution >= 0.6 is 0 Å². The molecular formula is C22H44O3Si. The summed E-state index contributed by atoms with van der Waals surface area (Å²) >= 11 is 0. The Morgan fingerprint density at radius 3 is 2.19 bits per heavy atom. The summed E-state index contributed by atoms with van der Waals surface area (Å²) in [6, 6.07) is 0. The van der Waals surface area contributed by atoms with Gasteiger partial charge in [0.2, 0.25) is 0 Å². The number of hydrogen-bond donors (Lipinski definition) is 0. The minimum Gasteiger partial charge on any atom is -0.469 e. The second-order valence-corrected chi connectivity index (χ2v) is 12.7. The molecule has 0 aliphatic heterocycles. The summed E-state index contributed by atoms with van der Waals surface area (Å²) in [6.45, 7) is 9.11. The molecule has 1 unspecified atom stereocenters. The third-order valence-electron chi connectivity index (χ3n) is 4.45. The number of methoxy groups -OCH3 is 1. The van der Waals surface area contributed by atoms with Crippen LogP contribution in [0.2, 0.25) is 19.6 Å². The maximum atomic E-state index is 11.1. The molecule has 0 aromatic heterocycles. The minimum absolute atomic E-state index is 0.0867. The second-order valence-electron chi connectivity index (χ2n) is 8.28. The summed E-state index contributed by atoms with van der Waals surface area (Å²) in [5, 5.41) is 0. The Balaban J connectivity index is 3.91. The number of esters is 1. The average Bonchev–Trinajstić information content (AvgIpc) is 2.58. The lowest BCUT2D eigenvalue weighted by molar-refractivity contribution is -0.140. The van der Waals surface area contributed by atoms with Crippen LogP contribution in [0.1, 0.15) is 90.4 Å². The highest BCUT2D eigenvalue weighted by molar-refractivity contribution is 6.69. The van der Waals surface area contributed by atoms with Crippen molar-refractivity contribution >= 4 is 14.3 Å². The standard InChI is InChI=1S/C22H44O3Si/c1-6-7-8-9-10-12-15-18-21(25-26(3,4)5)19-16-13-11-14-17-20-22(23)24-2/h10,12,21H,6-9,11,13-20H2,1-5H3. The van der Waals surface area contributed by atoms with Crippen LogP contribution in [0.15, 0.2) is 12.2 Å². The maximum Gasteiger partial charge on any atom is 0.305 e. The zero-order valence-corrected chi connectivity index (χ0v) is 19.1. The van der Waals surface area contributed by atoms with Crippen molar-refractivity contribution in [3.05, 3.63) is 12.2 Å². The lowest BCUT2D eigenvalue weighted by Crippen LogP contribution is -2.32. The van der Waals surface area contributed by atoms with Crippen LogP contribution in [0.5, 0.6) is 0 Å². The lowest BCUT2D eigenvalue weighted by atomic mass is 10.0. The Labute approximate surface area is 164 Å². The molecule has 26 heavy (non-hydrogen) atoms. The molecule has 0 aromatic rings. The molecule has 0 aliphatic carbocycles. The molecule has 0 saturated carbocycles. The molecule has 0 saturated heterocycles. The molecule has 0 aromatic carbocycles. The molecule has 0 spiro atoms. The first-order valence-electron chi connectivity index (χ1n) is 10.8. The number of ether oxygens (including phenoxy) is 1. The zero-order chi connectivity index (χ0) is 19.7. The number of carbonyl (C=O) groups is 1. The van der Waals surface area contributed by atoms with Gasteiger partial charge in [-0.05, 0) is 58.2 Å². The summed E-state index contributed by atoms with van der Waals surface area (Å²) < 4.78 is 11.1. The van der Waals surface area contributed by atoms with Crippen LogP contribution in [0.3, 0.4) is 0 Å². The van der Waals surface area contributed by atoms with Gasteiger partial charge in [0.1, 0.15) is 0 Å². The summed E-state index contributed by atoms with van der Waals surface area (Å²) in [5.74, 6) is -0.0867. The second kappa shape index (κ2) is 16.6. The molecule has 0 aliphatic rings. The van der Waals surface area contributed by atoms with E-state index in [2.05, 4.69) is 43.5 Å².